The van der Waals surface area contributed by atoms with Gasteiger partial charge in [0.1, 0.15) is 5.75 Å². The average Bonchev–Trinajstić information content (AvgIpc) is 2.63. The molecule has 2 aromatic rings. The Kier molecular flexibility index (Phi) is 7.81. The number of rotatable bonds is 8. The van der Waals surface area contributed by atoms with Crippen LogP contribution in [-0.2, 0) is 14.3 Å². The van der Waals surface area contributed by atoms with Crippen molar-refractivity contribution in [1.82, 2.24) is 0 Å². The minimum atomic E-state index is -0.895. The molecule has 0 spiro atoms. The first-order valence-corrected chi connectivity index (χ1v) is 9.37. The number of amides is 1. The van der Waals surface area contributed by atoms with Crippen LogP contribution < -0.4 is 10.1 Å². The third-order valence-electron chi connectivity index (χ3n) is 3.43. The predicted octanol–water partition coefficient (Wildman–Crippen LogP) is 4.40. The third-order valence-corrected chi connectivity index (χ3v) is 4.70. The van der Waals surface area contributed by atoms with E-state index in [4.69, 9.17) is 21.1 Å². The van der Waals surface area contributed by atoms with Crippen molar-refractivity contribution in [3.63, 3.8) is 0 Å². The Hall–Kier alpha value is -2.18. The molecule has 0 aliphatic heterocycles. The lowest BCUT2D eigenvalue weighted by Gasteiger charge is -2.15. The van der Waals surface area contributed by atoms with E-state index in [9.17, 15) is 9.59 Å². The number of ether oxygens (including phenoxy) is 2. The Balaban J connectivity index is 1.76. The van der Waals surface area contributed by atoms with Crippen molar-refractivity contribution >= 4 is 40.9 Å². The first kappa shape index (κ1) is 20.1. The smallest absolute Gasteiger partial charge is 0.307 e. The minimum Gasteiger partial charge on any atom is -0.495 e. The maximum absolute atomic E-state index is 12.2. The van der Waals surface area contributed by atoms with Crippen LogP contribution in [0.1, 0.15) is 13.3 Å². The molecule has 0 aliphatic carbocycles. The Bertz CT molecular complexity index is 751. The van der Waals surface area contributed by atoms with E-state index in [1.165, 1.54) is 25.8 Å². The van der Waals surface area contributed by atoms with Crippen LogP contribution in [0.3, 0.4) is 0 Å². The van der Waals surface area contributed by atoms with Gasteiger partial charge in [-0.2, -0.15) is 0 Å². The molecular formula is C19H20ClNO4S. The quantitative estimate of drug-likeness (QED) is 0.532. The molecular weight excluding hydrogens is 374 g/mol. The molecule has 0 radical (unpaired) electrons. The molecule has 1 N–H and O–H groups in total. The molecule has 26 heavy (non-hydrogen) atoms. The van der Waals surface area contributed by atoms with Crippen LogP contribution in [0.15, 0.2) is 53.4 Å². The summed E-state index contributed by atoms with van der Waals surface area (Å²) in [5.74, 6) is 0.266. The summed E-state index contributed by atoms with van der Waals surface area (Å²) in [4.78, 5) is 25.1. The summed E-state index contributed by atoms with van der Waals surface area (Å²) >= 11 is 7.35. The van der Waals surface area contributed by atoms with Gasteiger partial charge in [-0.3, -0.25) is 9.59 Å². The van der Waals surface area contributed by atoms with Crippen molar-refractivity contribution in [2.24, 2.45) is 0 Å². The molecule has 1 atom stereocenters. The molecule has 0 fully saturated rings. The molecule has 138 valence electrons. The Morgan fingerprint density at radius 2 is 1.85 bits per heavy atom. The molecule has 7 heteroatoms. The van der Waals surface area contributed by atoms with E-state index in [0.29, 0.717) is 22.2 Å². The number of halogens is 1. The lowest BCUT2D eigenvalue weighted by Crippen LogP contribution is -2.30. The second-order valence-electron chi connectivity index (χ2n) is 5.37. The van der Waals surface area contributed by atoms with Crippen LogP contribution in [0.25, 0.3) is 0 Å². The van der Waals surface area contributed by atoms with E-state index < -0.39 is 18.0 Å². The maximum atomic E-state index is 12.2. The van der Waals surface area contributed by atoms with Crippen molar-refractivity contribution in [2.45, 2.75) is 24.3 Å². The fraction of sp³-hybridized carbons (Fsp3) is 0.263. The van der Waals surface area contributed by atoms with Gasteiger partial charge in [0.25, 0.3) is 5.91 Å². The first-order valence-electron chi connectivity index (χ1n) is 8.01. The van der Waals surface area contributed by atoms with Crippen molar-refractivity contribution in [1.29, 1.82) is 0 Å². The standard InChI is InChI=1S/C19H20ClNO4S/c1-13(19(23)21-16-5-3-4-6-17(16)24-2)25-18(22)11-12-26-15-9-7-14(20)8-10-15/h3-10,13H,11-12H2,1-2H3,(H,21,23)/t13-/m1/s1. The molecule has 0 heterocycles. The van der Waals surface area contributed by atoms with Crippen molar-refractivity contribution in [3.8, 4) is 5.75 Å². The highest BCUT2D eigenvalue weighted by molar-refractivity contribution is 7.99. The van der Waals surface area contributed by atoms with Gasteiger partial charge in [-0.05, 0) is 43.3 Å². The Labute approximate surface area is 162 Å². The van der Waals surface area contributed by atoms with Crippen LogP contribution in [0, 0.1) is 0 Å². The zero-order valence-corrected chi connectivity index (χ0v) is 16.1. The zero-order valence-electron chi connectivity index (χ0n) is 14.5. The Morgan fingerprint density at radius 3 is 2.54 bits per heavy atom. The number of carbonyl (C=O) groups excluding carboxylic acids is 2. The van der Waals surface area contributed by atoms with E-state index in [1.54, 1.807) is 36.4 Å². The molecule has 0 saturated heterocycles. The largest absolute Gasteiger partial charge is 0.495 e. The van der Waals surface area contributed by atoms with Crippen LogP contribution in [0.2, 0.25) is 5.02 Å². The topological polar surface area (TPSA) is 64.6 Å². The lowest BCUT2D eigenvalue weighted by molar-refractivity contribution is -0.152. The number of hydrogen-bond acceptors (Lipinski definition) is 5. The Morgan fingerprint density at radius 1 is 1.15 bits per heavy atom. The minimum absolute atomic E-state index is 0.208. The molecule has 1 amide bonds. The number of thioether (sulfide) groups is 1. The fourth-order valence-corrected chi connectivity index (χ4v) is 3.03. The fourth-order valence-electron chi connectivity index (χ4n) is 2.07. The van der Waals surface area contributed by atoms with Gasteiger partial charge in [-0.1, -0.05) is 23.7 Å². The molecule has 0 bridgehead atoms. The summed E-state index contributed by atoms with van der Waals surface area (Å²) in [5.41, 5.74) is 0.529. The summed E-state index contributed by atoms with van der Waals surface area (Å²) in [7, 11) is 1.52. The number of para-hydroxylation sites is 2. The molecule has 0 saturated carbocycles. The molecule has 5 nitrogen and oxygen atoms in total. The predicted molar refractivity (Wildman–Crippen MR) is 104 cm³/mol. The van der Waals surface area contributed by atoms with Crippen molar-refractivity contribution in [3.05, 3.63) is 53.6 Å². The molecule has 0 aromatic heterocycles. The lowest BCUT2D eigenvalue weighted by atomic mass is 10.2. The van der Waals surface area contributed by atoms with Crippen molar-refractivity contribution in [2.75, 3.05) is 18.2 Å². The van der Waals surface area contributed by atoms with Crippen LogP contribution in [0.5, 0.6) is 5.75 Å². The van der Waals surface area contributed by atoms with Crippen molar-refractivity contribution < 1.29 is 19.1 Å². The number of benzene rings is 2. The van der Waals surface area contributed by atoms with Gasteiger partial charge in [-0.15, -0.1) is 11.8 Å². The number of anilines is 1. The number of esters is 1. The third kappa shape index (κ3) is 6.28. The van der Waals surface area contributed by atoms with Gasteiger partial charge in [-0.25, -0.2) is 0 Å². The summed E-state index contributed by atoms with van der Waals surface area (Å²) in [5, 5.41) is 3.36. The van der Waals surface area contributed by atoms with Gasteiger partial charge in [0.2, 0.25) is 0 Å². The number of nitrogens with one attached hydrogen (secondary N) is 1. The summed E-state index contributed by atoms with van der Waals surface area (Å²) in [6, 6.07) is 14.4. The van der Waals surface area contributed by atoms with Gasteiger partial charge in [0, 0.05) is 15.7 Å². The van der Waals surface area contributed by atoms with Crippen LogP contribution in [0.4, 0.5) is 5.69 Å². The second-order valence-corrected chi connectivity index (χ2v) is 6.98. The highest BCUT2D eigenvalue weighted by atomic mass is 35.5. The monoisotopic (exact) mass is 393 g/mol. The van der Waals surface area contributed by atoms with Gasteiger partial charge in [0.05, 0.1) is 19.2 Å². The highest BCUT2D eigenvalue weighted by Crippen LogP contribution is 2.23. The normalized spacial score (nSPS) is 11.5. The highest BCUT2D eigenvalue weighted by Gasteiger charge is 2.19. The van der Waals surface area contributed by atoms with E-state index in [2.05, 4.69) is 5.32 Å². The van der Waals surface area contributed by atoms with E-state index in [0.717, 1.165) is 4.90 Å². The zero-order chi connectivity index (χ0) is 18.9. The van der Waals surface area contributed by atoms with E-state index in [-0.39, 0.29) is 6.42 Å². The number of hydrogen-bond donors (Lipinski definition) is 1. The molecule has 0 aliphatic rings. The SMILES string of the molecule is COc1ccccc1NC(=O)[C@@H](C)OC(=O)CCSc1ccc(Cl)cc1. The number of carbonyl (C=O) groups is 2. The first-order chi connectivity index (χ1) is 12.5. The van der Waals surface area contributed by atoms with E-state index >= 15 is 0 Å². The maximum Gasteiger partial charge on any atom is 0.307 e. The molecule has 0 unspecified atom stereocenters. The summed E-state index contributed by atoms with van der Waals surface area (Å²) in [6.45, 7) is 1.54. The summed E-state index contributed by atoms with van der Waals surface area (Å²) in [6.07, 6.45) is -0.688. The average molecular weight is 394 g/mol. The molecule has 2 aromatic carbocycles. The van der Waals surface area contributed by atoms with Gasteiger partial charge in [0.15, 0.2) is 6.10 Å². The van der Waals surface area contributed by atoms with Crippen LogP contribution in [-0.4, -0.2) is 30.8 Å². The number of methoxy groups -OCH3 is 1. The summed E-state index contributed by atoms with van der Waals surface area (Å²) < 4.78 is 10.4. The van der Waals surface area contributed by atoms with E-state index in [1.807, 2.05) is 12.1 Å². The van der Waals surface area contributed by atoms with Gasteiger partial charge < -0.3 is 14.8 Å². The van der Waals surface area contributed by atoms with Gasteiger partial charge >= 0.3 is 5.97 Å². The second kappa shape index (κ2) is 10.1. The molecule has 2 rings (SSSR count). The van der Waals surface area contributed by atoms with Crippen LogP contribution >= 0.6 is 23.4 Å².